The van der Waals surface area contributed by atoms with E-state index in [-0.39, 0.29) is 17.9 Å². The molecule has 1 amide bonds. The third-order valence-electron chi connectivity index (χ3n) is 6.46. The van der Waals surface area contributed by atoms with Gasteiger partial charge in [0.1, 0.15) is 23.0 Å². The molecule has 2 heterocycles. The zero-order valence-electron chi connectivity index (χ0n) is 21.0. The van der Waals surface area contributed by atoms with Gasteiger partial charge in [-0.15, -0.1) is 0 Å². The highest BCUT2D eigenvalue weighted by atomic mass is 16.5. The first-order chi connectivity index (χ1) is 18.5. The van der Waals surface area contributed by atoms with E-state index in [1.807, 2.05) is 43.3 Å². The second-order valence-electron chi connectivity index (χ2n) is 8.95. The maximum Gasteiger partial charge on any atom is 0.295 e. The van der Waals surface area contributed by atoms with Gasteiger partial charge in [-0.05, 0) is 78.2 Å². The number of ketones is 1. The van der Waals surface area contributed by atoms with Crippen molar-refractivity contribution in [2.45, 2.75) is 19.5 Å². The van der Waals surface area contributed by atoms with Crippen LogP contribution in [-0.4, -0.2) is 33.8 Å². The number of aliphatic hydroxyl groups excluding tert-OH is 1. The highest BCUT2D eigenvalue weighted by Gasteiger charge is 2.46. The molecular formula is C31H26N2O5. The van der Waals surface area contributed by atoms with Gasteiger partial charge in [0.2, 0.25) is 0 Å². The number of amides is 1. The molecule has 4 aromatic rings. The number of likely N-dealkylation sites (tertiary alicyclic amines) is 1. The maximum absolute atomic E-state index is 13.4. The van der Waals surface area contributed by atoms with Gasteiger partial charge >= 0.3 is 0 Å². The van der Waals surface area contributed by atoms with E-state index in [9.17, 15) is 14.7 Å². The normalized spacial score (nSPS) is 16.5. The average molecular weight is 507 g/mol. The Hall–Kier alpha value is -4.91. The lowest BCUT2D eigenvalue weighted by molar-refractivity contribution is -0.140. The van der Waals surface area contributed by atoms with Crippen LogP contribution < -0.4 is 9.47 Å². The molecule has 1 fully saturated rings. The van der Waals surface area contributed by atoms with Gasteiger partial charge < -0.3 is 19.5 Å². The summed E-state index contributed by atoms with van der Waals surface area (Å²) >= 11 is 0. The van der Waals surface area contributed by atoms with E-state index in [0.717, 1.165) is 11.1 Å². The molecule has 1 atom stereocenters. The van der Waals surface area contributed by atoms with Crippen LogP contribution in [-0.2, 0) is 16.1 Å². The topological polar surface area (TPSA) is 89.0 Å². The van der Waals surface area contributed by atoms with Crippen molar-refractivity contribution in [1.29, 1.82) is 0 Å². The number of aliphatic hydroxyl groups is 1. The van der Waals surface area contributed by atoms with Crippen molar-refractivity contribution in [2.75, 3.05) is 7.11 Å². The number of ether oxygens (including phenoxy) is 2. The second kappa shape index (κ2) is 10.6. The van der Waals surface area contributed by atoms with Crippen molar-refractivity contribution in [1.82, 2.24) is 9.88 Å². The van der Waals surface area contributed by atoms with E-state index in [1.165, 1.54) is 4.90 Å². The van der Waals surface area contributed by atoms with Gasteiger partial charge in [-0.1, -0.05) is 30.3 Å². The lowest BCUT2D eigenvalue weighted by Gasteiger charge is -2.26. The van der Waals surface area contributed by atoms with Crippen molar-refractivity contribution in [3.05, 3.63) is 125 Å². The SMILES string of the molecule is COc1ccc(/C(O)=C2\C(=O)C(=O)N(Cc3ccncc3)C2c2cccc(Oc3ccccc3)c2)cc1C. The van der Waals surface area contributed by atoms with Crippen LogP contribution in [0, 0.1) is 6.92 Å². The zero-order chi connectivity index (χ0) is 26.6. The molecule has 7 nitrogen and oxygen atoms in total. The van der Waals surface area contributed by atoms with Crippen LogP contribution in [0.25, 0.3) is 5.76 Å². The highest BCUT2D eigenvalue weighted by Crippen LogP contribution is 2.41. The molecule has 1 N–H and O–H groups in total. The molecule has 1 aromatic heterocycles. The smallest absolute Gasteiger partial charge is 0.295 e. The quantitative estimate of drug-likeness (QED) is 0.193. The number of nitrogens with zero attached hydrogens (tertiary/aromatic N) is 2. The molecule has 38 heavy (non-hydrogen) atoms. The molecular weight excluding hydrogens is 480 g/mol. The molecule has 5 rings (SSSR count). The predicted molar refractivity (Wildman–Crippen MR) is 143 cm³/mol. The number of para-hydroxylation sites is 1. The minimum atomic E-state index is -0.829. The Kier molecular flexibility index (Phi) is 6.91. The monoisotopic (exact) mass is 506 g/mol. The number of carbonyl (C=O) groups is 2. The predicted octanol–water partition coefficient (Wildman–Crippen LogP) is 5.81. The number of hydrogen-bond acceptors (Lipinski definition) is 6. The molecule has 0 saturated carbocycles. The number of hydrogen-bond donors (Lipinski definition) is 1. The van der Waals surface area contributed by atoms with Crippen molar-refractivity contribution < 1.29 is 24.2 Å². The van der Waals surface area contributed by atoms with E-state index >= 15 is 0 Å². The number of pyridine rings is 1. The van der Waals surface area contributed by atoms with Crippen LogP contribution in [0.5, 0.6) is 17.2 Å². The summed E-state index contributed by atoms with van der Waals surface area (Å²) in [7, 11) is 1.57. The number of methoxy groups -OCH3 is 1. The van der Waals surface area contributed by atoms with Gasteiger partial charge in [-0.2, -0.15) is 0 Å². The van der Waals surface area contributed by atoms with Gasteiger partial charge in [0.05, 0.1) is 18.7 Å². The van der Waals surface area contributed by atoms with Gasteiger partial charge in [-0.3, -0.25) is 14.6 Å². The Morgan fingerprint density at radius 1 is 0.921 bits per heavy atom. The van der Waals surface area contributed by atoms with Crippen molar-refractivity contribution in [3.8, 4) is 17.2 Å². The molecule has 0 aliphatic carbocycles. The summed E-state index contributed by atoms with van der Waals surface area (Å²) in [6.07, 6.45) is 3.27. The third-order valence-corrected chi connectivity index (χ3v) is 6.46. The molecule has 3 aromatic carbocycles. The van der Waals surface area contributed by atoms with E-state index in [0.29, 0.717) is 28.4 Å². The van der Waals surface area contributed by atoms with E-state index < -0.39 is 17.7 Å². The van der Waals surface area contributed by atoms with Crippen LogP contribution in [0.2, 0.25) is 0 Å². The number of aryl methyl sites for hydroxylation is 1. The van der Waals surface area contributed by atoms with E-state index in [4.69, 9.17) is 9.47 Å². The molecule has 1 unspecified atom stereocenters. The molecule has 7 heteroatoms. The average Bonchev–Trinajstić information content (AvgIpc) is 3.19. The minimum absolute atomic E-state index is 0.0190. The van der Waals surface area contributed by atoms with Crippen molar-refractivity contribution in [2.24, 2.45) is 0 Å². The first-order valence-corrected chi connectivity index (χ1v) is 12.1. The summed E-state index contributed by atoms with van der Waals surface area (Å²) in [6, 6.07) is 24.4. The van der Waals surface area contributed by atoms with Crippen molar-refractivity contribution >= 4 is 17.4 Å². The zero-order valence-corrected chi connectivity index (χ0v) is 21.0. The van der Waals surface area contributed by atoms with Crippen LogP contribution >= 0.6 is 0 Å². The second-order valence-corrected chi connectivity index (χ2v) is 8.95. The number of aromatic nitrogens is 1. The number of Topliss-reactive ketones (excluding diaryl/α,β-unsaturated/α-hetero) is 1. The molecule has 1 aliphatic heterocycles. The Morgan fingerprint density at radius 2 is 1.66 bits per heavy atom. The Morgan fingerprint density at radius 3 is 2.37 bits per heavy atom. The van der Waals surface area contributed by atoms with Gasteiger partial charge in [0.15, 0.2) is 0 Å². The van der Waals surface area contributed by atoms with Gasteiger partial charge in [0.25, 0.3) is 11.7 Å². The summed E-state index contributed by atoms with van der Waals surface area (Å²) < 4.78 is 11.4. The number of benzene rings is 3. The standard InChI is InChI=1S/C31H26N2O5/c1-20-17-23(11-12-26(20)37-2)29(34)27-28(33(31(36)30(27)35)19-21-13-15-32-16-14-21)22-7-6-10-25(18-22)38-24-8-4-3-5-9-24/h3-18,28,34H,19H2,1-2H3/b29-27+. The summed E-state index contributed by atoms with van der Waals surface area (Å²) in [5, 5.41) is 11.4. The molecule has 190 valence electrons. The lowest BCUT2D eigenvalue weighted by atomic mass is 9.94. The van der Waals surface area contributed by atoms with Crippen LogP contribution in [0.15, 0.2) is 103 Å². The molecule has 1 aliphatic rings. The number of rotatable bonds is 7. The lowest BCUT2D eigenvalue weighted by Crippen LogP contribution is -2.29. The van der Waals surface area contributed by atoms with E-state index in [2.05, 4.69) is 4.98 Å². The Balaban J connectivity index is 1.62. The summed E-state index contributed by atoms with van der Waals surface area (Å²) in [4.78, 5) is 32.3. The van der Waals surface area contributed by atoms with Crippen molar-refractivity contribution in [3.63, 3.8) is 0 Å². The van der Waals surface area contributed by atoms with Crippen LogP contribution in [0.4, 0.5) is 0 Å². The van der Waals surface area contributed by atoms with Crippen LogP contribution in [0.1, 0.15) is 28.3 Å². The first-order valence-electron chi connectivity index (χ1n) is 12.1. The first kappa shape index (κ1) is 24.8. The van der Waals surface area contributed by atoms with Crippen LogP contribution in [0.3, 0.4) is 0 Å². The fourth-order valence-electron chi connectivity index (χ4n) is 4.63. The molecule has 1 saturated heterocycles. The molecule has 0 radical (unpaired) electrons. The Labute approximate surface area is 220 Å². The summed E-state index contributed by atoms with van der Waals surface area (Å²) in [5.74, 6) is 0.178. The molecule has 0 bridgehead atoms. The third kappa shape index (κ3) is 4.86. The summed E-state index contributed by atoms with van der Waals surface area (Å²) in [5.41, 5.74) is 2.68. The largest absolute Gasteiger partial charge is 0.507 e. The maximum atomic E-state index is 13.4. The highest BCUT2D eigenvalue weighted by molar-refractivity contribution is 6.46. The van der Waals surface area contributed by atoms with Gasteiger partial charge in [-0.25, -0.2) is 0 Å². The van der Waals surface area contributed by atoms with E-state index in [1.54, 1.807) is 68.0 Å². The fraction of sp³-hybridized carbons (Fsp3) is 0.129. The minimum Gasteiger partial charge on any atom is -0.507 e. The Bertz CT molecular complexity index is 1520. The van der Waals surface area contributed by atoms with Gasteiger partial charge in [0, 0.05) is 24.5 Å². The molecule has 0 spiro atoms. The summed E-state index contributed by atoms with van der Waals surface area (Å²) in [6.45, 7) is 2.01. The fourth-order valence-corrected chi connectivity index (χ4v) is 4.63. The number of carbonyl (C=O) groups excluding carboxylic acids is 2.